The molecule has 0 unspecified atom stereocenters. The van der Waals surface area contributed by atoms with Crippen LogP contribution < -0.4 is 5.73 Å². The van der Waals surface area contributed by atoms with Gasteiger partial charge in [0.05, 0.1) is 16.7 Å². The molecule has 20 heavy (non-hydrogen) atoms. The van der Waals surface area contributed by atoms with Crippen molar-refractivity contribution in [1.82, 2.24) is 19.4 Å². The zero-order valence-electron chi connectivity index (χ0n) is 10.6. The van der Waals surface area contributed by atoms with Gasteiger partial charge in [0.2, 0.25) is 0 Å². The topological polar surface area (TPSA) is 69.1 Å². The van der Waals surface area contributed by atoms with Gasteiger partial charge in [-0.2, -0.15) is 0 Å². The van der Waals surface area contributed by atoms with E-state index in [2.05, 4.69) is 15.0 Å². The van der Waals surface area contributed by atoms with Crippen molar-refractivity contribution in [2.45, 2.75) is 0 Å². The molecule has 96 valence electrons. The number of aromatic nitrogens is 4. The fourth-order valence-corrected chi connectivity index (χ4v) is 2.34. The summed E-state index contributed by atoms with van der Waals surface area (Å²) < 4.78 is 1.95. The molecule has 3 aromatic heterocycles. The van der Waals surface area contributed by atoms with Crippen LogP contribution in [0.4, 0.5) is 5.82 Å². The zero-order valence-corrected chi connectivity index (χ0v) is 10.6. The number of anilines is 1. The van der Waals surface area contributed by atoms with Crippen LogP contribution in [0.3, 0.4) is 0 Å². The summed E-state index contributed by atoms with van der Waals surface area (Å²) in [7, 11) is 0. The number of nitrogen functional groups attached to an aromatic ring is 1. The van der Waals surface area contributed by atoms with Gasteiger partial charge in [-0.1, -0.05) is 18.2 Å². The van der Waals surface area contributed by atoms with E-state index in [1.54, 1.807) is 6.20 Å². The average molecular weight is 261 g/mol. The van der Waals surface area contributed by atoms with E-state index in [1.165, 1.54) is 0 Å². The van der Waals surface area contributed by atoms with Crippen molar-refractivity contribution in [2.24, 2.45) is 0 Å². The third-order valence-corrected chi connectivity index (χ3v) is 3.27. The molecule has 3 heterocycles. The first-order valence-corrected chi connectivity index (χ1v) is 6.28. The first kappa shape index (κ1) is 10.9. The number of pyridine rings is 1. The minimum atomic E-state index is 0.421. The number of benzene rings is 1. The molecule has 0 saturated heterocycles. The minimum Gasteiger partial charge on any atom is -0.382 e. The molecule has 1 aromatic carbocycles. The largest absolute Gasteiger partial charge is 0.382 e. The Balaban J connectivity index is 2.06. The molecule has 0 bridgehead atoms. The van der Waals surface area contributed by atoms with Gasteiger partial charge in [0.15, 0.2) is 5.82 Å². The van der Waals surface area contributed by atoms with E-state index in [0.717, 1.165) is 22.4 Å². The van der Waals surface area contributed by atoms with Gasteiger partial charge in [-0.15, -0.1) is 0 Å². The highest BCUT2D eigenvalue weighted by atomic mass is 15.0. The second-order valence-electron chi connectivity index (χ2n) is 4.51. The maximum atomic E-state index is 6.07. The Bertz CT molecular complexity index is 926. The van der Waals surface area contributed by atoms with E-state index in [1.807, 2.05) is 53.1 Å². The van der Waals surface area contributed by atoms with Crippen LogP contribution in [0, 0.1) is 0 Å². The predicted molar refractivity (Wildman–Crippen MR) is 78.1 cm³/mol. The van der Waals surface area contributed by atoms with E-state index in [0.29, 0.717) is 11.5 Å². The van der Waals surface area contributed by atoms with Crippen LogP contribution in [-0.4, -0.2) is 19.4 Å². The first-order valence-electron chi connectivity index (χ1n) is 6.28. The Morgan fingerprint density at radius 1 is 0.900 bits per heavy atom. The number of rotatable bonds is 1. The number of hydrogen-bond donors (Lipinski definition) is 1. The van der Waals surface area contributed by atoms with Gasteiger partial charge in [0, 0.05) is 12.4 Å². The number of para-hydroxylation sites is 2. The Morgan fingerprint density at radius 3 is 2.55 bits per heavy atom. The second-order valence-corrected chi connectivity index (χ2v) is 4.51. The van der Waals surface area contributed by atoms with Crippen molar-refractivity contribution in [3.05, 3.63) is 54.9 Å². The molecule has 5 nitrogen and oxygen atoms in total. The van der Waals surface area contributed by atoms with Crippen molar-refractivity contribution in [3.8, 4) is 11.4 Å². The SMILES string of the molecule is Nc1nc2ccccc2nc1-c1cccc2nccn12. The first-order chi connectivity index (χ1) is 9.83. The molecule has 0 aliphatic heterocycles. The number of nitrogens with zero attached hydrogens (tertiary/aromatic N) is 4. The monoisotopic (exact) mass is 261 g/mol. The number of fused-ring (bicyclic) bond motifs is 2. The van der Waals surface area contributed by atoms with Gasteiger partial charge in [-0.3, -0.25) is 4.40 Å². The van der Waals surface area contributed by atoms with Crippen LogP contribution in [0.25, 0.3) is 28.1 Å². The Labute approximate surface area is 114 Å². The lowest BCUT2D eigenvalue weighted by Gasteiger charge is -2.08. The van der Waals surface area contributed by atoms with Gasteiger partial charge in [-0.05, 0) is 24.3 Å². The van der Waals surface area contributed by atoms with Crippen molar-refractivity contribution in [3.63, 3.8) is 0 Å². The molecule has 0 atom stereocenters. The molecular formula is C15H11N5. The number of hydrogen-bond acceptors (Lipinski definition) is 4. The Kier molecular flexibility index (Phi) is 2.20. The standard InChI is InChI=1S/C15H11N5/c16-15-14(18-10-4-1-2-5-11(10)19-15)12-6-3-7-13-17-8-9-20(12)13/h1-9H,(H2,16,19). The smallest absolute Gasteiger partial charge is 0.152 e. The Morgan fingerprint density at radius 2 is 1.70 bits per heavy atom. The summed E-state index contributed by atoms with van der Waals surface area (Å²) in [5, 5.41) is 0. The maximum absolute atomic E-state index is 6.07. The lowest BCUT2D eigenvalue weighted by molar-refractivity contribution is 1.16. The van der Waals surface area contributed by atoms with Crippen LogP contribution in [-0.2, 0) is 0 Å². The molecule has 4 aromatic rings. The van der Waals surface area contributed by atoms with Gasteiger partial charge in [-0.25, -0.2) is 15.0 Å². The van der Waals surface area contributed by atoms with E-state index in [4.69, 9.17) is 5.73 Å². The number of imidazole rings is 1. The predicted octanol–water partition coefficient (Wildman–Crippen LogP) is 2.53. The summed E-state index contributed by atoms with van der Waals surface area (Å²) in [6.45, 7) is 0. The molecular weight excluding hydrogens is 250 g/mol. The van der Waals surface area contributed by atoms with E-state index in [-0.39, 0.29) is 0 Å². The summed E-state index contributed by atoms with van der Waals surface area (Å²) in [6, 6.07) is 13.5. The van der Waals surface area contributed by atoms with Crippen LogP contribution in [0.1, 0.15) is 0 Å². The molecule has 0 aliphatic carbocycles. The third-order valence-electron chi connectivity index (χ3n) is 3.27. The summed E-state index contributed by atoms with van der Waals surface area (Å²) in [4.78, 5) is 13.3. The van der Waals surface area contributed by atoms with E-state index < -0.39 is 0 Å². The van der Waals surface area contributed by atoms with Gasteiger partial charge >= 0.3 is 0 Å². The quantitative estimate of drug-likeness (QED) is 0.571. The highest BCUT2D eigenvalue weighted by Gasteiger charge is 2.11. The molecule has 4 rings (SSSR count). The van der Waals surface area contributed by atoms with Crippen molar-refractivity contribution >= 4 is 22.5 Å². The van der Waals surface area contributed by atoms with E-state index >= 15 is 0 Å². The Hall–Kier alpha value is -2.95. The van der Waals surface area contributed by atoms with Gasteiger partial charge in [0.25, 0.3) is 0 Å². The van der Waals surface area contributed by atoms with Crippen molar-refractivity contribution < 1.29 is 0 Å². The second kappa shape index (κ2) is 4.03. The fraction of sp³-hybridized carbons (Fsp3) is 0. The lowest BCUT2D eigenvalue weighted by atomic mass is 10.2. The summed E-state index contributed by atoms with van der Waals surface area (Å²) in [5.41, 5.74) is 10.1. The molecule has 0 spiro atoms. The van der Waals surface area contributed by atoms with Crippen molar-refractivity contribution in [2.75, 3.05) is 5.73 Å². The minimum absolute atomic E-state index is 0.421. The van der Waals surface area contributed by atoms with Crippen molar-refractivity contribution in [1.29, 1.82) is 0 Å². The van der Waals surface area contributed by atoms with E-state index in [9.17, 15) is 0 Å². The van der Waals surface area contributed by atoms with Crippen LogP contribution in [0.5, 0.6) is 0 Å². The normalized spacial score (nSPS) is 11.2. The molecule has 5 heteroatoms. The third kappa shape index (κ3) is 1.53. The summed E-state index contributed by atoms with van der Waals surface area (Å²) in [5.74, 6) is 0.421. The molecule has 0 fully saturated rings. The van der Waals surface area contributed by atoms with Gasteiger partial charge < -0.3 is 5.73 Å². The molecule has 0 saturated carbocycles. The van der Waals surface area contributed by atoms with Crippen LogP contribution in [0.15, 0.2) is 54.9 Å². The molecule has 0 aliphatic rings. The molecule has 2 N–H and O–H groups in total. The highest BCUT2D eigenvalue weighted by Crippen LogP contribution is 2.25. The lowest BCUT2D eigenvalue weighted by Crippen LogP contribution is -2.01. The molecule has 0 radical (unpaired) electrons. The summed E-state index contributed by atoms with van der Waals surface area (Å²) >= 11 is 0. The average Bonchev–Trinajstić information content (AvgIpc) is 2.95. The fourth-order valence-electron chi connectivity index (χ4n) is 2.34. The summed E-state index contributed by atoms with van der Waals surface area (Å²) in [6.07, 6.45) is 3.64. The molecule has 0 amide bonds. The zero-order chi connectivity index (χ0) is 13.5. The van der Waals surface area contributed by atoms with Gasteiger partial charge in [0.1, 0.15) is 11.3 Å². The number of nitrogens with two attached hydrogens (primary N) is 1. The van der Waals surface area contributed by atoms with Crippen LogP contribution in [0.2, 0.25) is 0 Å². The van der Waals surface area contributed by atoms with Crippen LogP contribution >= 0.6 is 0 Å². The maximum Gasteiger partial charge on any atom is 0.152 e. The highest BCUT2D eigenvalue weighted by molar-refractivity contribution is 5.81.